The van der Waals surface area contributed by atoms with Crippen molar-refractivity contribution in [1.82, 2.24) is 4.98 Å². The third kappa shape index (κ3) is 3.04. The summed E-state index contributed by atoms with van der Waals surface area (Å²) in [5, 5.41) is 14.5. The molecule has 0 aliphatic heterocycles. The molecule has 19 heavy (non-hydrogen) atoms. The van der Waals surface area contributed by atoms with Gasteiger partial charge in [0.1, 0.15) is 5.82 Å². The number of nitrogen functional groups attached to an aromatic ring is 1. The van der Waals surface area contributed by atoms with E-state index in [-0.39, 0.29) is 17.3 Å². The van der Waals surface area contributed by atoms with Crippen LogP contribution in [0.25, 0.3) is 0 Å². The standard InChI is InChI=1S/C11H8Cl2N4O2/c12-6-1-2-7(13)8(5-6)15-11-9(17(18)19)3-4-10(14)16-11/h1-5H,(H3,14,15,16). The number of hydrogen-bond acceptors (Lipinski definition) is 5. The highest BCUT2D eigenvalue weighted by Gasteiger charge is 2.16. The average Bonchev–Trinajstić information content (AvgIpc) is 2.33. The van der Waals surface area contributed by atoms with Gasteiger partial charge < -0.3 is 11.1 Å². The van der Waals surface area contributed by atoms with Crippen LogP contribution in [-0.4, -0.2) is 9.91 Å². The highest BCUT2D eigenvalue weighted by Crippen LogP contribution is 2.31. The summed E-state index contributed by atoms with van der Waals surface area (Å²) in [6, 6.07) is 7.34. The Hall–Kier alpha value is -2.05. The first kappa shape index (κ1) is 13.4. The number of hydrogen-bond donors (Lipinski definition) is 2. The van der Waals surface area contributed by atoms with Crippen LogP contribution in [0.5, 0.6) is 0 Å². The molecule has 8 heteroatoms. The summed E-state index contributed by atoms with van der Waals surface area (Å²) in [5.41, 5.74) is 5.73. The van der Waals surface area contributed by atoms with Gasteiger partial charge in [-0.3, -0.25) is 10.1 Å². The van der Waals surface area contributed by atoms with Crippen LogP contribution in [0, 0.1) is 10.1 Å². The Labute approximate surface area is 118 Å². The smallest absolute Gasteiger partial charge is 0.311 e. The van der Waals surface area contributed by atoms with Gasteiger partial charge in [-0.2, -0.15) is 0 Å². The summed E-state index contributed by atoms with van der Waals surface area (Å²) < 4.78 is 0. The van der Waals surface area contributed by atoms with Gasteiger partial charge >= 0.3 is 5.69 Å². The molecule has 1 aromatic carbocycles. The first-order valence-electron chi connectivity index (χ1n) is 5.10. The van der Waals surface area contributed by atoms with Gasteiger partial charge in [0, 0.05) is 11.1 Å². The highest BCUT2D eigenvalue weighted by atomic mass is 35.5. The largest absolute Gasteiger partial charge is 0.384 e. The third-order valence-corrected chi connectivity index (χ3v) is 2.84. The molecule has 3 N–H and O–H groups in total. The summed E-state index contributed by atoms with van der Waals surface area (Å²) in [7, 11) is 0. The van der Waals surface area contributed by atoms with E-state index in [0.29, 0.717) is 15.7 Å². The molecule has 0 atom stereocenters. The number of nitro groups is 1. The van der Waals surface area contributed by atoms with Gasteiger partial charge in [0.25, 0.3) is 0 Å². The van der Waals surface area contributed by atoms with Crippen LogP contribution in [0.4, 0.5) is 23.0 Å². The lowest BCUT2D eigenvalue weighted by molar-refractivity contribution is -0.384. The zero-order chi connectivity index (χ0) is 14.0. The zero-order valence-corrected chi connectivity index (χ0v) is 10.9. The minimum absolute atomic E-state index is 0.00849. The van der Waals surface area contributed by atoms with E-state index in [1.165, 1.54) is 12.1 Å². The van der Waals surface area contributed by atoms with Crippen molar-refractivity contribution >= 4 is 46.2 Å². The molecule has 0 saturated heterocycles. The van der Waals surface area contributed by atoms with Crippen molar-refractivity contribution in [2.24, 2.45) is 0 Å². The maximum absolute atomic E-state index is 10.9. The lowest BCUT2D eigenvalue weighted by Gasteiger charge is -2.08. The van der Waals surface area contributed by atoms with Gasteiger partial charge in [0.15, 0.2) is 0 Å². The maximum atomic E-state index is 10.9. The number of benzene rings is 1. The average molecular weight is 299 g/mol. The van der Waals surface area contributed by atoms with Gasteiger partial charge in [0.2, 0.25) is 5.82 Å². The van der Waals surface area contributed by atoms with Gasteiger partial charge in [-0.1, -0.05) is 23.2 Å². The molecule has 0 spiro atoms. The molecule has 1 heterocycles. The van der Waals surface area contributed by atoms with Crippen LogP contribution in [0.2, 0.25) is 10.0 Å². The second kappa shape index (κ2) is 5.29. The fourth-order valence-corrected chi connectivity index (χ4v) is 1.76. The summed E-state index contributed by atoms with van der Waals surface area (Å²) in [4.78, 5) is 14.2. The summed E-state index contributed by atoms with van der Waals surface area (Å²) >= 11 is 11.8. The van der Waals surface area contributed by atoms with Gasteiger partial charge in [-0.05, 0) is 24.3 Å². The Morgan fingerprint density at radius 1 is 1.26 bits per heavy atom. The molecule has 0 aliphatic rings. The number of rotatable bonds is 3. The van der Waals surface area contributed by atoms with Crippen LogP contribution >= 0.6 is 23.2 Å². The Bertz CT molecular complexity index is 649. The first-order chi connectivity index (χ1) is 8.97. The Morgan fingerprint density at radius 2 is 2.00 bits per heavy atom. The Morgan fingerprint density at radius 3 is 2.68 bits per heavy atom. The molecule has 1 aromatic heterocycles. The van der Waals surface area contributed by atoms with E-state index in [9.17, 15) is 10.1 Å². The van der Waals surface area contributed by atoms with E-state index in [1.54, 1.807) is 18.2 Å². The zero-order valence-electron chi connectivity index (χ0n) is 9.43. The molecule has 0 radical (unpaired) electrons. The van der Waals surface area contributed by atoms with E-state index in [0.717, 1.165) is 0 Å². The summed E-state index contributed by atoms with van der Waals surface area (Å²) in [5.74, 6) is 0.167. The van der Waals surface area contributed by atoms with Crippen LogP contribution < -0.4 is 11.1 Å². The van der Waals surface area contributed by atoms with Crippen molar-refractivity contribution in [1.29, 1.82) is 0 Å². The SMILES string of the molecule is Nc1ccc([N+](=O)[O-])c(Nc2cc(Cl)ccc2Cl)n1. The number of halogens is 2. The highest BCUT2D eigenvalue weighted by molar-refractivity contribution is 6.35. The van der Waals surface area contributed by atoms with E-state index in [4.69, 9.17) is 28.9 Å². The van der Waals surface area contributed by atoms with Crippen LogP contribution in [0.15, 0.2) is 30.3 Å². The fourth-order valence-electron chi connectivity index (χ4n) is 1.43. The quantitative estimate of drug-likeness (QED) is 0.666. The normalized spacial score (nSPS) is 10.2. The van der Waals surface area contributed by atoms with E-state index in [2.05, 4.69) is 10.3 Å². The predicted molar refractivity (Wildman–Crippen MR) is 75.0 cm³/mol. The molecule has 98 valence electrons. The number of nitrogens with two attached hydrogens (primary N) is 1. The lowest BCUT2D eigenvalue weighted by Crippen LogP contribution is -2.02. The van der Waals surface area contributed by atoms with E-state index < -0.39 is 4.92 Å². The maximum Gasteiger partial charge on any atom is 0.311 e. The van der Waals surface area contributed by atoms with Crippen LogP contribution in [-0.2, 0) is 0 Å². The first-order valence-corrected chi connectivity index (χ1v) is 5.86. The van der Waals surface area contributed by atoms with Crippen molar-refractivity contribution in [3.8, 4) is 0 Å². The molecule has 0 saturated carbocycles. The molecule has 0 unspecified atom stereocenters. The summed E-state index contributed by atoms with van der Waals surface area (Å²) in [6.45, 7) is 0. The van der Waals surface area contributed by atoms with Crippen molar-refractivity contribution in [3.05, 3.63) is 50.5 Å². The second-order valence-corrected chi connectivity index (χ2v) is 4.45. The number of aromatic nitrogens is 1. The third-order valence-electron chi connectivity index (χ3n) is 2.27. The number of nitrogens with one attached hydrogen (secondary N) is 1. The number of nitrogens with zero attached hydrogens (tertiary/aromatic N) is 2. The molecule has 0 bridgehead atoms. The lowest BCUT2D eigenvalue weighted by atomic mass is 10.3. The van der Waals surface area contributed by atoms with Crippen molar-refractivity contribution in [2.45, 2.75) is 0 Å². The molecule has 0 amide bonds. The van der Waals surface area contributed by atoms with Crippen LogP contribution in [0.1, 0.15) is 0 Å². The molecule has 2 aromatic rings. The predicted octanol–water partition coefficient (Wildman–Crippen LogP) is 3.62. The van der Waals surface area contributed by atoms with Gasteiger partial charge in [-0.25, -0.2) is 4.98 Å². The molecule has 2 rings (SSSR count). The molecule has 0 aliphatic carbocycles. The second-order valence-electron chi connectivity index (χ2n) is 3.61. The Balaban J connectivity index is 2.45. The fraction of sp³-hybridized carbons (Fsp3) is 0. The van der Waals surface area contributed by atoms with Crippen molar-refractivity contribution in [3.63, 3.8) is 0 Å². The number of pyridine rings is 1. The monoisotopic (exact) mass is 298 g/mol. The molecular formula is C11H8Cl2N4O2. The van der Waals surface area contributed by atoms with Gasteiger partial charge in [0.05, 0.1) is 15.6 Å². The van der Waals surface area contributed by atoms with Gasteiger partial charge in [-0.15, -0.1) is 0 Å². The van der Waals surface area contributed by atoms with E-state index in [1.807, 2.05) is 0 Å². The topological polar surface area (TPSA) is 94.1 Å². The Kier molecular flexibility index (Phi) is 3.73. The minimum Gasteiger partial charge on any atom is -0.384 e. The molecule has 6 nitrogen and oxygen atoms in total. The van der Waals surface area contributed by atoms with E-state index >= 15 is 0 Å². The van der Waals surface area contributed by atoms with Crippen molar-refractivity contribution in [2.75, 3.05) is 11.1 Å². The van der Waals surface area contributed by atoms with Crippen molar-refractivity contribution < 1.29 is 4.92 Å². The molecular weight excluding hydrogens is 291 g/mol. The number of anilines is 3. The van der Waals surface area contributed by atoms with Crippen LogP contribution in [0.3, 0.4) is 0 Å². The minimum atomic E-state index is -0.562. The molecule has 0 fully saturated rings. The summed E-state index contributed by atoms with van der Waals surface area (Å²) in [6.07, 6.45) is 0.